The van der Waals surface area contributed by atoms with Gasteiger partial charge in [-0.3, -0.25) is 4.79 Å². The predicted molar refractivity (Wildman–Crippen MR) is 67.9 cm³/mol. The fourth-order valence-electron chi connectivity index (χ4n) is 2.44. The molecule has 1 fully saturated rings. The third kappa shape index (κ3) is 4.67. The van der Waals surface area contributed by atoms with Crippen LogP contribution in [0.3, 0.4) is 0 Å². The van der Waals surface area contributed by atoms with Gasteiger partial charge in [-0.1, -0.05) is 33.1 Å². The zero-order valence-corrected chi connectivity index (χ0v) is 11.4. The highest BCUT2D eigenvalue weighted by atomic mass is 16.6. The van der Waals surface area contributed by atoms with E-state index in [-0.39, 0.29) is 18.5 Å². The van der Waals surface area contributed by atoms with Crippen LogP contribution in [0.2, 0.25) is 0 Å². The van der Waals surface area contributed by atoms with Crippen molar-refractivity contribution in [3.8, 4) is 0 Å². The molecule has 0 aliphatic heterocycles. The molecule has 0 heterocycles. The van der Waals surface area contributed by atoms with Gasteiger partial charge in [0.1, 0.15) is 0 Å². The molecule has 1 aliphatic carbocycles. The first-order chi connectivity index (χ1) is 8.69. The summed E-state index contributed by atoms with van der Waals surface area (Å²) >= 11 is 0. The molecule has 0 spiro atoms. The zero-order chi connectivity index (χ0) is 13.4. The van der Waals surface area contributed by atoms with Crippen molar-refractivity contribution in [3.63, 3.8) is 0 Å². The molecule has 2 atom stereocenters. The summed E-state index contributed by atoms with van der Waals surface area (Å²) in [6, 6.07) is 0. The Morgan fingerprint density at radius 3 is 2.61 bits per heavy atom. The van der Waals surface area contributed by atoms with Crippen LogP contribution in [-0.2, 0) is 19.1 Å². The Balaban J connectivity index is 2.22. The number of unbranched alkanes of at least 4 members (excludes halogenated alkanes) is 1. The van der Waals surface area contributed by atoms with Crippen LogP contribution in [0.25, 0.3) is 0 Å². The summed E-state index contributed by atoms with van der Waals surface area (Å²) in [5.41, 5.74) is 0. The van der Waals surface area contributed by atoms with Gasteiger partial charge in [0.25, 0.3) is 0 Å². The summed E-state index contributed by atoms with van der Waals surface area (Å²) in [6.07, 6.45) is 5.90. The van der Waals surface area contributed by atoms with E-state index in [2.05, 4.69) is 6.92 Å². The van der Waals surface area contributed by atoms with Gasteiger partial charge in [-0.15, -0.1) is 0 Å². The molecule has 0 aromatic carbocycles. The smallest absolute Gasteiger partial charge is 0.344 e. The van der Waals surface area contributed by atoms with Crippen molar-refractivity contribution in [1.82, 2.24) is 0 Å². The maximum Gasteiger partial charge on any atom is 0.344 e. The van der Waals surface area contributed by atoms with Gasteiger partial charge >= 0.3 is 11.9 Å². The number of esters is 2. The van der Waals surface area contributed by atoms with Gasteiger partial charge in [-0.25, -0.2) is 4.79 Å². The number of rotatable bonds is 7. The maximum absolute atomic E-state index is 11.8. The standard InChI is InChI=1S/C14H24O4/c1-3-5-9-17-13(15)10-18-14(16)12-8-6-7-11(12)4-2/h11-12H,3-10H2,1-2H3. The van der Waals surface area contributed by atoms with E-state index in [4.69, 9.17) is 9.47 Å². The summed E-state index contributed by atoms with van der Waals surface area (Å²) in [4.78, 5) is 23.1. The van der Waals surface area contributed by atoms with Crippen LogP contribution >= 0.6 is 0 Å². The number of hydrogen-bond donors (Lipinski definition) is 0. The van der Waals surface area contributed by atoms with Crippen LogP contribution in [-0.4, -0.2) is 25.2 Å². The predicted octanol–water partition coefficient (Wildman–Crippen LogP) is 2.70. The third-order valence-electron chi connectivity index (χ3n) is 3.58. The van der Waals surface area contributed by atoms with Gasteiger partial charge in [0.2, 0.25) is 0 Å². The molecule has 0 N–H and O–H groups in total. The van der Waals surface area contributed by atoms with E-state index < -0.39 is 5.97 Å². The minimum atomic E-state index is -0.442. The van der Waals surface area contributed by atoms with Crippen molar-refractivity contribution >= 4 is 11.9 Å². The van der Waals surface area contributed by atoms with Gasteiger partial charge in [0.15, 0.2) is 6.61 Å². The molecule has 104 valence electrons. The monoisotopic (exact) mass is 256 g/mol. The van der Waals surface area contributed by atoms with Gasteiger partial charge in [-0.05, 0) is 25.2 Å². The van der Waals surface area contributed by atoms with E-state index in [0.717, 1.165) is 38.5 Å². The Morgan fingerprint density at radius 1 is 1.17 bits per heavy atom. The maximum atomic E-state index is 11.8. The number of ether oxygens (including phenoxy) is 2. The second kappa shape index (κ2) is 8.11. The molecular weight excluding hydrogens is 232 g/mol. The molecule has 0 aromatic rings. The molecule has 0 aromatic heterocycles. The normalized spacial score (nSPS) is 22.8. The van der Waals surface area contributed by atoms with E-state index in [1.807, 2.05) is 6.92 Å². The van der Waals surface area contributed by atoms with E-state index in [1.165, 1.54) is 0 Å². The van der Waals surface area contributed by atoms with E-state index in [1.54, 1.807) is 0 Å². The van der Waals surface area contributed by atoms with Gasteiger partial charge in [0.05, 0.1) is 12.5 Å². The van der Waals surface area contributed by atoms with Crippen LogP contribution < -0.4 is 0 Å². The van der Waals surface area contributed by atoms with Gasteiger partial charge < -0.3 is 9.47 Å². The first-order valence-corrected chi connectivity index (χ1v) is 7.01. The lowest BCUT2D eigenvalue weighted by molar-refractivity contribution is -0.162. The van der Waals surface area contributed by atoms with Gasteiger partial charge in [-0.2, -0.15) is 0 Å². The Morgan fingerprint density at radius 2 is 1.94 bits per heavy atom. The molecule has 1 saturated carbocycles. The van der Waals surface area contributed by atoms with Crippen molar-refractivity contribution in [3.05, 3.63) is 0 Å². The lowest BCUT2D eigenvalue weighted by Gasteiger charge is -2.16. The molecule has 4 nitrogen and oxygen atoms in total. The SMILES string of the molecule is CCCCOC(=O)COC(=O)C1CCCC1CC. The van der Waals surface area contributed by atoms with Crippen LogP contribution in [0.4, 0.5) is 0 Å². The highest BCUT2D eigenvalue weighted by Crippen LogP contribution is 2.34. The fourth-order valence-corrected chi connectivity index (χ4v) is 2.44. The van der Waals surface area contributed by atoms with Crippen LogP contribution in [0.15, 0.2) is 0 Å². The molecule has 0 bridgehead atoms. The van der Waals surface area contributed by atoms with E-state index in [0.29, 0.717) is 12.5 Å². The Kier molecular flexibility index (Phi) is 6.76. The van der Waals surface area contributed by atoms with Crippen molar-refractivity contribution < 1.29 is 19.1 Å². The molecule has 0 saturated heterocycles. The summed E-state index contributed by atoms with van der Waals surface area (Å²) in [5, 5.41) is 0. The first-order valence-electron chi connectivity index (χ1n) is 7.01. The van der Waals surface area contributed by atoms with E-state index >= 15 is 0 Å². The average molecular weight is 256 g/mol. The Hall–Kier alpha value is -1.06. The Labute approximate surface area is 109 Å². The van der Waals surface area contributed by atoms with Crippen LogP contribution in [0.5, 0.6) is 0 Å². The molecule has 0 radical (unpaired) electrons. The third-order valence-corrected chi connectivity index (χ3v) is 3.58. The van der Waals surface area contributed by atoms with E-state index in [9.17, 15) is 9.59 Å². The average Bonchev–Trinajstić information content (AvgIpc) is 2.84. The fraction of sp³-hybridized carbons (Fsp3) is 0.857. The summed E-state index contributed by atoms with van der Waals surface area (Å²) in [6.45, 7) is 4.29. The Bertz CT molecular complexity index is 275. The molecule has 4 heteroatoms. The second-order valence-electron chi connectivity index (χ2n) is 4.89. The van der Waals surface area contributed by atoms with Crippen LogP contribution in [0, 0.1) is 11.8 Å². The summed E-state index contributed by atoms with van der Waals surface area (Å²) in [5.74, 6) is -0.262. The minimum absolute atomic E-state index is 0.0153. The highest BCUT2D eigenvalue weighted by molar-refractivity contribution is 5.78. The molecule has 2 unspecified atom stereocenters. The number of hydrogen-bond acceptors (Lipinski definition) is 4. The molecule has 18 heavy (non-hydrogen) atoms. The molecule has 1 rings (SSSR count). The molecule has 1 aliphatic rings. The molecular formula is C14H24O4. The van der Waals surface area contributed by atoms with Gasteiger partial charge in [0, 0.05) is 0 Å². The first kappa shape index (κ1) is 15.0. The lowest BCUT2D eigenvalue weighted by Crippen LogP contribution is -2.24. The van der Waals surface area contributed by atoms with Crippen molar-refractivity contribution in [2.45, 2.75) is 52.4 Å². The minimum Gasteiger partial charge on any atom is -0.463 e. The summed E-state index contributed by atoms with van der Waals surface area (Å²) in [7, 11) is 0. The van der Waals surface area contributed by atoms with Crippen molar-refractivity contribution in [2.24, 2.45) is 11.8 Å². The number of carbonyl (C=O) groups excluding carboxylic acids is 2. The lowest BCUT2D eigenvalue weighted by atomic mass is 9.94. The van der Waals surface area contributed by atoms with Crippen LogP contribution in [0.1, 0.15) is 52.4 Å². The van der Waals surface area contributed by atoms with Crippen molar-refractivity contribution in [2.75, 3.05) is 13.2 Å². The largest absolute Gasteiger partial charge is 0.463 e. The zero-order valence-electron chi connectivity index (χ0n) is 11.4. The molecule has 0 amide bonds. The highest BCUT2D eigenvalue weighted by Gasteiger charge is 2.33. The second-order valence-corrected chi connectivity index (χ2v) is 4.89. The quantitative estimate of drug-likeness (QED) is 0.519. The topological polar surface area (TPSA) is 52.6 Å². The summed E-state index contributed by atoms with van der Waals surface area (Å²) < 4.78 is 9.97. The van der Waals surface area contributed by atoms with Crippen molar-refractivity contribution in [1.29, 1.82) is 0 Å². The number of carbonyl (C=O) groups is 2.